The van der Waals surface area contributed by atoms with Gasteiger partial charge >= 0.3 is 0 Å². The Bertz CT molecular complexity index is 1170. The van der Waals surface area contributed by atoms with Gasteiger partial charge in [-0.25, -0.2) is 21.8 Å². The van der Waals surface area contributed by atoms with E-state index in [2.05, 4.69) is 10.3 Å². The molecule has 0 radical (unpaired) electrons. The molecule has 2 fully saturated rings. The minimum atomic E-state index is -3.53. The first kappa shape index (κ1) is 21.6. The molecule has 1 aromatic heterocycles. The van der Waals surface area contributed by atoms with Gasteiger partial charge in [-0.2, -0.15) is 8.61 Å². The van der Waals surface area contributed by atoms with Crippen LogP contribution in [0, 0.1) is 0 Å². The van der Waals surface area contributed by atoms with Gasteiger partial charge < -0.3 is 5.32 Å². The highest BCUT2D eigenvalue weighted by Crippen LogP contribution is 2.31. The van der Waals surface area contributed by atoms with Crippen LogP contribution in [0.5, 0.6) is 0 Å². The van der Waals surface area contributed by atoms with Gasteiger partial charge in [0.15, 0.2) is 5.13 Å². The van der Waals surface area contributed by atoms with E-state index in [0.717, 1.165) is 31.9 Å². The molecule has 0 aliphatic carbocycles. The monoisotopic (exact) mass is 472 g/mol. The number of sulfonamides is 2. The Morgan fingerprint density at radius 2 is 1.80 bits per heavy atom. The number of carbonyl (C=O) groups excluding carboxylic acids is 1. The van der Waals surface area contributed by atoms with Crippen LogP contribution in [0.2, 0.25) is 0 Å². The average molecular weight is 473 g/mol. The fraction of sp³-hybridized carbons (Fsp3) is 0.556. The lowest BCUT2D eigenvalue weighted by atomic mass is 10.0. The number of anilines is 1. The Balaban J connectivity index is 1.56. The van der Waals surface area contributed by atoms with Crippen molar-refractivity contribution >= 4 is 52.6 Å². The molecule has 0 saturated carbocycles. The Kier molecular flexibility index (Phi) is 5.88. The summed E-state index contributed by atoms with van der Waals surface area (Å²) in [4.78, 5) is 17.3. The van der Waals surface area contributed by atoms with E-state index in [9.17, 15) is 21.6 Å². The van der Waals surface area contributed by atoms with Gasteiger partial charge in [0.05, 0.1) is 21.4 Å². The Morgan fingerprint density at radius 3 is 2.50 bits per heavy atom. The normalized spacial score (nSPS) is 21.8. The largest absolute Gasteiger partial charge is 0.301 e. The number of piperidine rings is 1. The highest BCUT2D eigenvalue weighted by atomic mass is 32.2. The summed E-state index contributed by atoms with van der Waals surface area (Å²) in [5, 5.41) is 3.04. The zero-order valence-electron chi connectivity index (χ0n) is 16.6. The predicted molar refractivity (Wildman–Crippen MR) is 115 cm³/mol. The van der Waals surface area contributed by atoms with E-state index < -0.39 is 32.0 Å². The number of carbonyl (C=O) groups is 1. The molecule has 1 unspecified atom stereocenters. The summed E-state index contributed by atoms with van der Waals surface area (Å²) in [6.07, 6.45) is 4.81. The lowest BCUT2D eigenvalue weighted by Crippen LogP contribution is -2.49. The molecule has 9 nitrogen and oxygen atoms in total. The van der Waals surface area contributed by atoms with Crippen molar-refractivity contribution in [3.8, 4) is 0 Å². The number of hydrogen-bond acceptors (Lipinski definition) is 7. The van der Waals surface area contributed by atoms with Crippen LogP contribution in [-0.4, -0.2) is 68.3 Å². The smallest absolute Gasteiger partial charge is 0.244 e. The van der Waals surface area contributed by atoms with Gasteiger partial charge in [0, 0.05) is 19.6 Å². The lowest BCUT2D eigenvalue weighted by Gasteiger charge is -2.32. The van der Waals surface area contributed by atoms with Gasteiger partial charge in [0.1, 0.15) is 6.04 Å². The molecule has 1 amide bonds. The second-order valence-electron chi connectivity index (χ2n) is 7.63. The van der Waals surface area contributed by atoms with Crippen LogP contribution in [0.3, 0.4) is 0 Å². The lowest BCUT2D eigenvalue weighted by molar-refractivity contribution is -0.120. The maximum Gasteiger partial charge on any atom is 0.244 e. The third kappa shape index (κ3) is 4.24. The number of thiazole rings is 1. The first-order chi connectivity index (χ1) is 14.2. The van der Waals surface area contributed by atoms with Crippen molar-refractivity contribution in [1.82, 2.24) is 13.6 Å². The summed E-state index contributed by atoms with van der Waals surface area (Å²) in [7, 11) is -7.02. The molecule has 1 atom stereocenters. The van der Waals surface area contributed by atoms with Crippen LogP contribution in [0.25, 0.3) is 10.2 Å². The van der Waals surface area contributed by atoms with Gasteiger partial charge in [-0.3, -0.25) is 4.79 Å². The number of benzene rings is 1. The van der Waals surface area contributed by atoms with E-state index in [1.54, 1.807) is 12.1 Å². The summed E-state index contributed by atoms with van der Waals surface area (Å²) in [6.45, 7) is 1.39. The van der Waals surface area contributed by atoms with Crippen molar-refractivity contribution in [2.45, 2.75) is 43.0 Å². The van der Waals surface area contributed by atoms with E-state index in [0.29, 0.717) is 41.4 Å². The summed E-state index contributed by atoms with van der Waals surface area (Å²) in [5.41, 5.74) is 0.583. The molecule has 2 aliphatic heterocycles. The van der Waals surface area contributed by atoms with Crippen LogP contribution in [0.1, 0.15) is 32.1 Å². The number of rotatable bonds is 5. The van der Waals surface area contributed by atoms with Crippen molar-refractivity contribution in [3.63, 3.8) is 0 Å². The number of amides is 1. The van der Waals surface area contributed by atoms with E-state index in [-0.39, 0.29) is 4.90 Å². The molecule has 1 aromatic carbocycles. The molecule has 2 aliphatic rings. The molecule has 0 spiro atoms. The van der Waals surface area contributed by atoms with E-state index >= 15 is 0 Å². The molecule has 30 heavy (non-hydrogen) atoms. The average Bonchev–Trinajstić information content (AvgIpc) is 3.36. The number of aromatic nitrogens is 1. The highest BCUT2D eigenvalue weighted by Gasteiger charge is 2.35. The molecular formula is C18H24N4O5S3. The predicted octanol–water partition coefficient (Wildman–Crippen LogP) is 1.83. The second-order valence-corrected chi connectivity index (χ2v) is 12.5. The quantitative estimate of drug-likeness (QED) is 0.710. The zero-order valence-corrected chi connectivity index (χ0v) is 19.0. The minimum Gasteiger partial charge on any atom is -0.301 e. The van der Waals surface area contributed by atoms with Crippen molar-refractivity contribution in [2.75, 3.05) is 31.2 Å². The third-order valence-corrected chi connectivity index (χ3v) is 9.59. The molecule has 2 saturated heterocycles. The highest BCUT2D eigenvalue weighted by molar-refractivity contribution is 7.89. The van der Waals surface area contributed by atoms with Crippen molar-refractivity contribution in [2.24, 2.45) is 0 Å². The van der Waals surface area contributed by atoms with Crippen LogP contribution in [0.4, 0.5) is 5.13 Å². The van der Waals surface area contributed by atoms with Gasteiger partial charge in [-0.05, 0) is 43.9 Å². The molecule has 2 aromatic rings. The van der Waals surface area contributed by atoms with Gasteiger partial charge in [0.2, 0.25) is 26.0 Å². The van der Waals surface area contributed by atoms with E-state index in [1.807, 2.05) is 0 Å². The molecule has 12 heteroatoms. The number of nitrogens with zero attached hydrogens (tertiary/aromatic N) is 3. The second kappa shape index (κ2) is 8.15. The van der Waals surface area contributed by atoms with E-state index in [1.165, 1.54) is 26.0 Å². The molecule has 3 heterocycles. The van der Waals surface area contributed by atoms with E-state index in [4.69, 9.17) is 0 Å². The van der Waals surface area contributed by atoms with Crippen LogP contribution in [0.15, 0.2) is 23.1 Å². The van der Waals surface area contributed by atoms with Crippen molar-refractivity contribution in [3.05, 3.63) is 18.2 Å². The van der Waals surface area contributed by atoms with Crippen LogP contribution < -0.4 is 5.32 Å². The molecule has 4 rings (SSSR count). The summed E-state index contributed by atoms with van der Waals surface area (Å²) >= 11 is 1.18. The molecule has 164 valence electrons. The summed E-state index contributed by atoms with van der Waals surface area (Å²) < 4.78 is 52.9. The maximum absolute atomic E-state index is 12.8. The standard InChI is InChI=1S/C18H24N4O5S3/c1-29(24,25)22-11-3-2-6-15(22)17(23)20-18-19-14-8-7-13(12-16(14)28-18)30(26,27)21-9-4-5-10-21/h7-8,12,15H,2-6,9-11H2,1H3,(H,19,20,23). The third-order valence-electron chi connectivity index (χ3n) is 5.48. The fourth-order valence-corrected chi connectivity index (χ4v) is 7.60. The SMILES string of the molecule is CS(=O)(=O)N1CCCCC1C(=O)Nc1nc2ccc(S(=O)(=O)N3CCCC3)cc2s1. The fourth-order valence-electron chi connectivity index (χ4n) is 3.95. The summed E-state index contributed by atoms with van der Waals surface area (Å²) in [5.74, 6) is -0.413. The van der Waals surface area contributed by atoms with Gasteiger partial charge in [-0.15, -0.1) is 0 Å². The maximum atomic E-state index is 12.8. The summed E-state index contributed by atoms with van der Waals surface area (Å²) in [6, 6.07) is 3.99. The Hall–Kier alpha value is -1.60. The van der Waals surface area contributed by atoms with Crippen molar-refractivity contribution < 1.29 is 21.6 Å². The molecular weight excluding hydrogens is 448 g/mol. The topological polar surface area (TPSA) is 117 Å². The minimum absolute atomic E-state index is 0.217. The van der Waals surface area contributed by atoms with Crippen LogP contribution in [-0.2, 0) is 24.8 Å². The number of nitrogens with one attached hydrogen (secondary N) is 1. The Morgan fingerprint density at radius 1 is 1.10 bits per heavy atom. The number of hydrogen-bond donors (Lipinski definition) is 1. The van der Waals surface area contributed by atoms with Crippen molar-refractivity contribution in [1.29, 1.82) is 0 Å². The molecule has 0 bridgehead atoms. The van der Waals surface area contributed by atoms with Gasteiger partial charge in [0.25, 0.3) is 0 Å². The zero-order chi connectivity index (χ0) is 21.5. The number of fused-ring (bicyclic) bond motifs is 1. The first-order valence-corrected chi connectivity index (χ1v) is 14.0. The van der Waals surface area contributed by atoms with Crippen LogP contribution >= 0.6 is 11.3 Å². The first-order valence-electron chi connectivity index (χ1n) is 9.85. The molecule has 1 N–H and O–H groups in total. The Labute approximate surface area is 180 Å². The van der Waals surface area contributed by atoms with Gasteiger partial charge in [-0.1, -0.05) is 17.8 Å².